The number of rotatable bonds is 6. The highest BCUT2D eigenvalue weighted by Crippen LogP contribution is 2.04. The number of nitrogens with zero attached hydrogens (tertiary/aromatic N) is 3. The summed E-state index contributed by atoms with van der Waals surface area (Å²) in [4.78, 5) is 33.4. The van der Waals surface area contributed by atoms with E-state index in [-0.39, 0.29) is 11.3 Å². The molecule has 0 unspecified atom stereocenters. The van der Waals surface area contributed by atoms with Crippen molar-refractivity contribution in [1.29, 1.82) is 0 Å². The zero-order valence-corrected chi connectivity index (χ0v) is 12.5. The fourth-order valence-electron chi connectivity index (χ4n) is 1.99. The van der Waals surface area contributed by atoms with Crippen molar-refractivity contribution in [2.24, 2.45) is 0 Å². The second-order valence-electron chi connectivity index (χ2n) is 4.84. The van der Waals surface area contributed by atoms with Crippen LogP contribution in [-0.4, -0.2) is 25.3 Å². The SMILES string of the molecule is CC(=O)CCCn1cc(Cc2cncnc2)c(=O)[nH]c1=S. The number of aromatic nitrogens is 4. The summed E-state index contributed by atoms with van der Waals surface area (Å²) < 4.78 is 2.16. The van der Waals surface area contributed by atoms with E-state index in [0.29, 0.717) is 36.1 Å². The average molecular weight is 304 g/mol. The van der Waals surface area contributed by atoms with E-state index in [1.54, 1.807) is 30.1 Å². The van der Waals surface area contributed by atoms with Gasteiger partial charge in [-0.3, -0.25) is 9.78 Å². The summed E-state index contributed by atoms with van der Waals surface area (Å²) >= 11 is 5.14. The third-order valence-corrected chi connectivity index (χ3v) is 3.36. The van der Waals surface area contributed by atoms with Crippen LogP contribution in [0, 0.1) is 4.77 Å². The number of carbonyl (C=O) groups is 1. The van der Waals surface area contributed by atoms with Gasteiger partial charge in [-0.05, 0) is 31.1 Å². The number of hydrogen-bond acceptors (Lipinski definition) is 5. The summed E-state index contributed by atoms with van der Waals surface area (Å²) in [6.07, 6.45) is 8.18. The minimum Gasteiger partial charge on any atom is -0.325 e. The molecule has 0 atom stereocenters. The molecule has 0 saturated heterocycles. The molecule has 2 aromatic rings. The van der Waals surface area contributed by atoms with E-state index in [1.807, 2.05) is 0 Å². The van der Waals surface area contributed by atoms with Crippen molar-refractivity contribution in [2.75, 3.05) is 0 Å². The third kappa shape index (κ3) is 4.42. The van der Waals surface area contributed by atoms with Gasteiger partial charge in [0.2, 0.25) is 0 Å². The molecule has 0 spiro atoms. The molecule has 0 aliphatic carbocycles. The molecule has 0 aliphatic rings. The Bertz CT molecular complexity index is 737. The molecular formula is C14H16N4O2S. The smallest absolute Gasteiger partial charge is 0.255 e. The largest absolute Gasteiger partial charge is 0.325 e. The molecule has 0 aromatic carbocycles. The van der Waals surface area contributed by atoms with Crippen molar-refractivity contribution < 1.29 is 4.79 Å². The van der Waals surface area contributed by atoms with Gasteiger partial charge in [-0.15, -0.1) is 0 Å². The molecule has 0 bridgehead atoms. The second kappa shape index (κ2) is 7.03. The molecule has 0 amide bonds. The van der Waals surface area contributed by atoms with Crippen molar-refractivity contribution >= 4 is 18.0 Å². The van der Waals surface area contributed by atoms with Gasteiger partial charge in [-0.2, -0.15) is 0 Å². The third-order valence-electron chi connectivity index (χ3n) is 3.02. The van der Waals surface area contributed by atoms with Crippen molar-refractivity contribution in [3.63, 3.8) is 0 Å². The first-order valence-corrected chi connectivity index (χ1v) is 7.03. The van der Waals surface area contributed by atoms with E-state index >= 15 is 0 Å². The van der Waals surface area contributed by atoms with Gasteiger partial charge in [0.05, 0.1) is 0 Å². The van der Waals surface area contributed by atoms with Crippen LogP contribution in [0.25, 0.3) is 0 Å². The number of Topliss-reactive ketones (excluding diaryl/α,β-unsaturated/α-hetero) is 1. The lowest BCUT2D eigenvalue weighted by Crippen LogP contribution is -2.18. The highest BCUT2D eigenvalue weighted by atomic mass is 32.1. The highest BCUT2D eigenvalue weighted by molar-refractivity contribution is 7.71. The van der Waals surface area contributed by atoms with E-state index in [0.717, 1.165) is 5.56 Å². The fraction of sp³-hybridized carbons (Fsp3) is 0.357. The maximum Gasteiger partial charge on any atom is 0.255 e. The number of H-pyrrole nitrogens is 1. The first kappa shape index (κ1) is 15.2. The zero-order valence-electron chi connectivity index (χ0n) is 11.7. The van der Waals surface area contributed by atoms with Crippen LogP contribution in [0.1, 0.15) is 30.9 Å². The van der Waals surface area contributed by atoms with Gasteiger partial charge in [0, 0.05) is 43.5 Å². The van der Waals surface area contributed by atoms with Gasteiger partial charge in [-0.1, -0.05) is 0 Å². The van der Waals surface area contributed by atoms with Crippen LogP contribution >= 0.6 is 12.2 Å². The van der Waals surface area contributed by atoms with Crippen molar-refractivity contribution in [2.45, 2.75) is 32.7 Å². The van der Waals surface area contributed by atoms with Crippen molar-refractivity contribution in [1.82, 2.24) is 19.5 Å². The van der Waals surface area contributed by atoms with Crippen LogP contribution < -0.4 is 5.56 Å². The van der Waals surface area contributed by atoms with Gasteiger partial charge in [0.15, 0.2) is 4.77 Å². The number of ketones is 1. The van der Waals surface area contributed by atoms with Gasteiger partial charge < -0.3 is 9.36 Å². The molecule has 7 heteroatoms. The van der Waals surface area contributed by atoms with Crippen LogP contribution in [0.2, 0.25) is 0 Å². The Morgan fingerprint density at radius 3 is 2.76 bits per heavy atom. The van der Waals surface area contributed by atoms with E-state index in [1.165, 1.54) is 6.33 Å². The lowest BCUT2D eigenvalue weighted by atomic mass is 10.1. The second-order valence-corrected chi connectivity index (χ2v) is 5.22. The Hall–Kier alpha value is -2.15. The molecule has 21 heavy (non-hydrogen) atoms. The zero-order chi connectivity index (χ0) is 15.2. The lowest BCUT2D eigenvalue weighted by Gasteiger charge is -2.08. The maximum absolute atomic E-state index is 11.9. The molecular weight excluding hydrogens is 288 g/mol. The van der Waals surface area contributed by atoms with Crippen LogP contribution in [0.15, 0.2) is 29.7 Å². The standard InChI is InChI=1S/C14H16N4O2S/c1-10(19)3-2-4-18-8-12(13(20)17-14(18)21)5-11-6-15-9-16-7-11/h6-9H,2-5H2,1H3,(H,17,20,21). The fourth-order valence-corrected chi connectivity index (χ4v) is 2.22. The Morgan fingerprint density at radius 1 is 1.38 bits per heavy atom. The highest BCUT2D eigenvalue weighted by Gasteiger charge is 2.05. The topological polar surface area (TPSA) is 80.6 Å². The number of aromatic amines is 1. The molecule has 0 aliphatic heterocycles. The monoisotopic (exact) mass is 304 g/mol. The summed E-state index contributed by atoms with van der Waals surface area (Å²) in [6, 6.07) is 0. The molecule has 2 aromatic heterocycles. The molecule has 0 fully saturated rings. The van der Waals surface area contributed by atoms with E-state index in [4.69, 9.17) is 12.2 Å². The molecule has 6 nitrogen and oxygen atoms in total. The van der Waals surface area contributed by atoms with Crippen molar-refractivity contribution in [3.05, 3.63) is 51.2 Å². The van der Waals surface area contributed by atoms with Gasteiger partial charge in [0.25, 0.3) is 5.56 Å². The van der Waals surface area contributed by atoms with E-state index in [2.05, 4.69) is 15.0 Å². The molecule has 110 valence electrons. The summed E-state index contributed by atoms with van der Waals surface area (Å²) in [5, 5.41) is 0. The van der Waals surface area contributed by atoms with E-state index < -0.39 is 0 Å². The first-order chi connectivity index (χ1) is 10.1. The van der Waals surface area contributed by atoms with Gasteiger partial charge in [-0.25, -0.2) is 9.97 Å². The summed E-state index contributed by atoms with van der Waals surface area (Å²) in [5.74, 6) is 0.146. The molecule has 0 saturated carbocycles. The normalized spacial score (nSPS) is 10.5. The minimum absolute atomic E-state index is 0.146. The summed E-state index contributed by atoms with van der Waals surface area (Å²) in [7, 11) is 0. The predicted molar refractivity (Wildman–Crippen MR) is 80.6 cm³/mol. The predicted octanol–water partition coefficient (Wildman–Crippen LogP) is 1.66. The van der Waals surface area contributed by atoms with Crippen molar-refractivity contribution in [3.8, 4) is 0 Å². The minimum atomic E-state index is -0.202. The number of nitrogens with one attached hydrogen (secondary N) is 1. The van der Waals surface area contributed by atoms with Gasteiger partial charge in [0.1, 0.15) is 12.1 Å². The lowest BCUT2D eigenvalue weighted by molar-refractivity contribution is -0.117. The van der Waals surface area contributed by atoms with Crippen LogP contribution in [0.4, 0.5) is 0 Å². The summed E-state index contributed by atoms with van der Waals surface area (Å²) in [5.41, 5.74) is 1.25. The number of carbonyl (C=O) groups excluding carboxylic acids is 1. The summed E-state index contributed by atoms with van der Waals surface area (Å²) in [6.45, 7) is 2.17. The van der Waals surface area contributed by atoms with Crippen LogP contribution in [0.5, 0.6) is 0 Å². The van der Waals surface area contributed by atoms with Crippen LogP contribution in [-0.2, 0) is 17.8 Å². The van der Waals surface area contributed by atoms with Crippen LogP contribution in [0.3, 0.4) is 0 Å². The Kier molecular flexibility index (Phi) is 5.10. The molecule has 0 radical (unpaired) electrons. The van der Waals surface area contributed by atoms with E-state index in [9.17, 15) is 9.59 Å². The Balaban J connectivity index is 2.20. The molecule has 1 N–H and O–H groups in total. The average Bonchev–Trinajstić information content (AvgIpc) is 2.44. The number of aryl methyl sites for hydroxylation is 1. The quantitative estimate of drug-likeness (QED) is 0.821. The molecule has 2 heterocycles. The maximum atomic E-state index is 11.9. The first-order valence-electron chi connectivity index (χ1n) is 6.62. The Morgan fingerprint density at radius 2 is 2.10 bits per heavy atom. The number of hydrogen-bond donors (Lipinski definition) is 1. The molecule has 2 rings (SSSR count). The Labute approximate surface area is 126 Å². The van der Waals surface area contributed by atoms with Gasteiger partial charge >= 0.3 is 0 Å².